The molecule has 2 N–H and O–H groups in total. The molecular formula is C18H28N4O3S. The molecule has 0 aromatic carbocycles. The van der Waals surface area contributed by atoms with Crippen LogP contribution in [-0.2, 0) is 11.2 Å². The molecule has 0 saturated heterocycles. The fourth-order valence-corrected chi connectivity index (χ4v) is 5.14. The summed E-state index contributed by atoms with van der Waals surface area (Å²) in [4.78, 5) is 33.2. The Hall–Kier alpha value is -1.67. The molecule has 2 aliphatic rings. The minimum Gasteiger partial charge on any atom is -0.480 e. The van der Waals surface area contributed by atoms with Crippen LogP contribution in [0.25, 0.3) is 0 Å². The summed E-state index contributed by atoms with van der Waals surface area (Å²) in [6.07, 6.45) is 4.68. The Bertz CT molecular complexity index is 671. The van der Waals surface area contributed by atoms with Gasteiger partial charge in [0.1, 0.15) is 0 Å². The molecule has 1 aromatic rings. The Morgan fingerprint density at radius 1 is 1.38 bits per heavy atom. The predicted octanol–water partition coefficient (Wildman–Crippen LogP) is 2.41. The van der Waals surface area contributed by atoms with Gasteiger partial charge >= 0.3 is 12.0 Å². The van der Waals surface area contributed by atoms with Crippen molar-refractivity contribution in [1.82, 2.24) is 20.1 Å². The van der Waals surface area contributed by atoms with Crippen LogP contribution in [0.15, 0.2) is 0 Å². The summed E-state index contributed by atoms with van der Waals surface area (Å²) < 4.78 is 0. The first-order valence-electron chi connectivity index (χ1n) is 9.34. The second-order valence-corrected chi connectivity index (χ2v) is 8.53. The number of carbonyl (C=O) groups is 2. The Labute approximate surface area is 158 Å². The number of hydrogen-bond acceptors (Lipinski definition) is 5. The number of hydrogen-bond donors (Lipinski definition) is 2. The molecule has 1 aromatic heterocycles. The number of carboxylic acid groups (broad SMARTS) is 1. The highest BCUT2D eigenvalue weighted by Gasteiger charge is 2.36. The lowest BCUT2D eigenvalue weighted by atomic mass is 9.85. The third-order valence-corrected chi connectivity index (χ3v) is 6.63. The van der Waals surface area contributed by atoms with E-state index in [2.05, 4.69) is 10.3 Å². The van der Waals surface area contributed by atoms with Crippen molar-refractivity contribution in [3.63, 3.8) is 0 Å². The van der Waals surface area contributed by atoms with Crippen LogP contribution >= 0.6 is 11.3 Å². The average molecular weight is 381 g/mol. The van der Waals surface area contributed by atoms with Gasteiger partial charge in [-0.15, -0.1) is 11.3 Å². The number of nitrogens with one attached hydrogen (secondary N) is 1. The molecule has 1 fully saturated rings. The van der Waals surface area contributed by atoms with Crippen LogP contribution in [0.2, 0.25) is 0 Å². The van der Waals surface area contributed by atoms with Gasteiger partial charge in [0.2, 0.25) is 0 Å². The third kappa shape index (κ3) is 4.01. The maximum absolute atomic E-state index is 12.7. The number of fused-ring (bicyclic) bond motifs is 1. The first kappa shape index (κ1) is 19.1. The van der Waals surface area contributed by atoms with Crippen LogP contribution in [0.3, 0.4) is 0 Å². The zero-order valence-corrected chi connectivity index (χ0v) is 16.5. The highest BCUT2D eigenvalue weighted by Crippen LogP contribution is 2.37. The zero-order valence-electron chi connectivity index (χ0n) is 15.7. The molecule has 1 unspecified atom stereocenters. The second-order valence-electron chi connectivity index (χ2n) is 7.29. The van der Waals surface area contributed by atoms with E-state index in [-0.39, 0.29) is 30.7 Å². The normalized spacial score (nSPS) is 24.7. The summed E-state index contributed by atoms with van der Waals surface area (Å²) in [5, 5.41) is 13.1. The number of nitrogens with zero attached hydrogens (tertiary/aromatic N) is 3. The summed E-state index contributed by atoms with van der Waals surface area (Å²) >= 11 is 1.70. The molecule has 0 bridgehead atoms. The molecule has 0 spiro atoms. The topological polar surface area (TPSA) is 85.8 Å². The minimum atomic E-state index is -0.799. The monoisotopic (exact) mass is 380 g/mol. The number of aryl methyl sites for hydroxylation is 2. The standard InChI is InChI=1S/C18H28N4O3S/c1-4-22(10-16(23)24)13-8-12(9-13)20-18(25)21(3)15-7-5-6-14-17(15)26-11(2)19-14/h12-13,15H,4-10H2,1-3H3,(H,20,25)(H,23,24). The van der Waals surface area contributed by atoms with Crippen LogP contribution in [0.5, 0.6) is 0 Å². The van der Waals surface area contributed by atoms with Gasteiger partial charge in [-0.2, -0.15) is 0 Å². The van der Waals surface area contributed by atoms with Gasteiger partial charge in [-0.05, 0) is 45.6 Å². The van der Waals surface area contributed by atoms with Crippen molar-refractivity contribution in [2.24, 2.45) is 0 Å². The maximum Gasteiger partial charge on any atom is 0.317 e. The summed E-state index contributed by atoms with van der Waals surface area (Å²) in [6.45, 7) is 4.77. The Morgan fingerprint density at radius 3 is 2.77 bits per heavy atom. The average Bonchev–Trinajstić information content (AvgIpc) is 2.94. The van der Waals surface area contributed by atoms with E-state index < -0.39 is 5.97 Å². The maximum atomic E-state index is 12.7. The molecular weight excluding hydrogens is 352 g/mol. The van der Waals surface area contributed by atoms with Crippen LogP contribution in [-0.4, -0.2) is 64.1 Å². The van der Waals surface area contributed by atoms with Gasteiger partial charge in [-0.1, -0.05) is 6.92 Å². The number of carbonyl (C=O) groups excluding carboxylic acids is 1. The molecule has 0 radical (unpaired) electrons. The second kappa shape index (κ2) is 7.92. The summed E-state index contributed by atoms with van der Waals surface area (Å²) in [5.74, 6) is -0.799. The van der Waals surface area contributed by atoms with E-state index in [1.165, 1.54) is 4.88 Å². The van der Waals surface area contributed by atoms with Gasteiger partial charge in [-0.3, -0.25) is 9.69 Å². The summed E-state index contributed by atoms with van der Waals surface area (Å²) in [5.41, 5.74) is 1.15. The highest BCUT2D eigenvalue weighted by atomic mass is 32.1. The molecule has 1 atom stereocenters. The van der Waals surface area contributed by atoms with Crippen molar-refractivity contribution in [2.75, 3.05) is 20.1 Å². The number of amides is 2. The molecule has 1 heterocycles. The summed E-state index contributed by atoms with van der Waals surface area (Å²) in [7, 11) is 1.86. The van der Waals surface area contributed by atoms with Gasteiger partial charge in [0, 0.05) is 19.1 Å². The third-order valence-electron chi connectivity index (χ3n) is 5.52. The molecule has 144 valence electrons. The van der Waals surface area contributed by atoms with Crippen molar-refractivity contribution >= 4 is 23.3 Å². The molecule has 7 nitrogen and oxygen atoms in total. The first-order valence-corrected chi connectivity index (χ1v) is 10.2. The van der Waals surface area contributed by atoms with Gasteiger partial charge in [0.05, 0.1) is 28.2 Å². The quantitative estimate of drug-likeness (QED) is 0.791. The molecule has 26 heavy (non-hydrogen) atoms. The van der Waals surface area contributed by atoms with Crippen molar-refractivity contribution in [3.05, 3.63) is 15.6 Å². The van der Waals surface area contributed by atoms with E-state index in [1.807, 2.05) is 30.7 Å². The molecule has 2 aliphatic carbocycles. The van der Waals surface area contributed by atoms with E-state index in [0.29, 0.717) is 6.54 Å². The zero-order chi connectivity index (χ0) is 18.8. The SMILES string of the molecule is CCN(CC(=O)O)C1CC(NC(=O)N(C)C2CCCc3nc(C)sc32)C1. The smallest absolute Gasteiger partial charge is 0.317 e. The molecule has 2 amide bonds. The lowest BCUT2D eigenvalue weighted by Crippen LogP contribution is -2.56. The Balaban J connectivity index is 1.53. The van der Waals surface area contributed by atoms with Crippen molar-refractivity contribution < 1.29 is 14.7 Å². The van der Waals surface area contributed by atoms with Gasteiger partial charge < -0.3 is 15.3 Å². The Kier molecular flexibility index (Phi) is 5.82. The predicted molar refractivity (Wildman–Crippen MR) is 101 cm³/mol. The number of carboxylic acids is 1. The summed E-state index contributed by atoms with van der Waals surface area (Å²) in [6, 6.07) is 0.444. The largest absolute Gasteiger partial charge is 0.480 e. The number of aliphatic carboxylic acids is 1. The molecule has 1 saturated carbocycles. The lowest BCUT2D eigenvalue weighted by Gasteiger charge is -2.43. The lowest BCUT2D eigenvalue weighted by molar-refractivity contribution is -0.139. The number of thiazole rings is 1. The number of urea groups is 1. The fraction of sp³-hybridized carbons (Fsp3) is 0.722. The van der Waals surface area contributed by atoms with E-state index in [9.17, 15) is 9.59 Å². The van der Waals surface area contributed by atoms with Gasteiger partial charge in [0.15, 0.2) is 0 Å². The minimum absolute atomic E-state index is 0.0429. The number of aromatic nitrogens is 1. The van der Waals surface area contributed by atoms with E-state index >= 15 is 0 Å². The van der Waals surface area contributed by atoms with Crippen molar-refractivity contribution in [2.45, 2.75) is 64.1 Å². The van der Waals surface area contributed by atoms with Crippen molar-refractivity contribution in [3.8, 4) is 0 Å². The molecule has 3 rings (SSSR count). The molecule has 0 aliphatic heterocycles. The van der Waals surface area contributed by atoms with Crippen molar-refractivity contribution in [1.29, 1.82) is 0 Å². The number of rotatable bonds is 6. The Morgan fingerprint density at radius 2 is 2.12 bits per heavy atom. The number of likely N-dealkylation sites (N-methyl/N-ethyl adjacent to an activating group) is 1. The first-order chi connectivity index (χ1) is 12.4. The van der Waals surface area contributed by atoms with E-state index in [1.54, 1.807) is 11.3 Å². The molecule has 8 heteroatoms. The fourth-order valence-electron chi connectivity index (χ4n) is 3.98. The van der Waals surface area contributed by atoms with Gasteiger partial charge in [0.25, 0.3) is 0 Å². The van der Waals surface area contributed by atoms with Crippen LogP contribution < -0.4 is 5.32 Å². The van der Waals surface area contributed by atoms with Crippen LogP contribution in [0.1, 0.15) is 54.2 Å². The highest BCUT2D eigenvalue weighted by molar-refractivity contribution is 7.11. The van der Waals surface area contributed by atoms with Crippen LogP contribution in [0, 0.1) is 6.92 Å². The van der Waals surface area contributed by atoms with Gasteiger partial charge in [-0.25, -0.2) is 9.78 Å². The van der Waals surface area contributed by atoms with Crippen LogP contribution in [0.4, 0.5) is 4.79 Å². The van der Waals surface area contributed by atoms with E-state index in [4.69, 9.17) is 5.11 Å². The van der Waals surface area contributed by atoms with E-state index in [0.717, 1.165) is 42.8 Å².